The first kappa shape index (κ1) is 40.9. The number of anilines is 2. The number of alkyl halides is 3. The topological polar surface area (TPSA) is 161 Å². The van der Waals surface area contributed by atoms with Gasteiger partial charge in [0.25, 0.3) is 5.91 Å². The molecule has 6 rings (SSSR count). The van der Waals surface area contributed by atoms with Gasteiger partial charge in [0.15, 0.2) is 18.2 Å². The summed E-state index contributed by atoms with van der Waals surface area (Å²) in [6.45, 7) is 5.65. The highest BCUT2D eigenvalue weighted by Gasteiger charge is 2.46. The molecule has 5 heterocycles. The first-order valence-corrected chi connectivity index (χ1v) is 17.7. The van der Waals surface area contributed by atoms with Crippen molar-refractivity contribution in [2.45, 2.75) is 37.1 Å². The third-order valence-corrected chi connectivity index (χ3v) is 9.95. The fraction of sp³-hybridized carbons (Fsp3) is 0.405. The van der Waals surface area contributed by atoms with E-state index in [-0.39, 0.29) is 28.9 Å². The van der Waals surface area contributed by atoms with Crippen LogP contribution in [0, 0.1) is 0 Å². The van der Waals surface area contributed by atoms with E-state index in [0.29, 0.717) is 63.6 Å². The first-order chi connectivity index (χ1) is 26.2. The average Bonchev–Trinajstić information content (AvgIpc) is 3.51. The van der Waals surface area contributed by atoms with E-state index in [1.807, 2.05) is 6.08 Å². The molecule has 1 fully saturated rings. The van der Waals surface area contributed by atoms with Crippen molar-refractivity contribution in [3.05, 3.63) is 81.5 Å². The van der Waals surface area contributed by atoms with Crippen LogP contribution in [0.15, 0.2) is 75.4 Å². The van der Waals surface area contributed by atoms with Crippen LogP contribution in [0.4, 0.5) is 24.5 Å². The number of likely N-dealkylation sites (tertiary alicyclic amines) is 1. The predicted octanol–water partition coefficient (Wildman–Crippen LogP) is 4.45. The number of nitrogens with one attached hydrogen (secondary N) is 2. The number of fused-ring (bicyclic) bond motifs is 1. The van der Waals surface area contributed by atoms with Gasteiger partial charge in [0.1, 0.15) is 17.9 Å². The Balaban J connectivity index is 0.000000211. The van der Waals surface area contributed by atoms with Crippen LogP contribution < -0.4 is 15.5 Å². The average molecular weight is 787 g/mol. The lowest BCUT2D eigenvalue weighted by molar-refractivity contribution is -0.138. The minimum atomic E-state index is -4.51. The zero-order chi connectivity index (χ0) is 39.9. The monoisotopic (exact) mass is 786 g/mol. The maximum atomic E-state index is 13.2. The number of aromatic nitrogens is 1. The van der Waals surface area contributed by atoms with Crippen LogP contribution in [-0.2, 0) is 30.0 Å². The number of aldehydes is 1. The molecule has 3 N–H and O–H groups in total. The van der Waals surface area contributed by atoms with Gasteiger partial charge in [-0.25, -0.2) is 4.99 Å². The zero-order valence-electron chi connectivity index (χ0n) is 30.5. The van der Waals surface area contributed by atoms with Gasteiger partial charge in [-0.3, -0.25) is 24.4 Å². The number of hydrazone groups is 1. The van der Waals surface area contributed by atoms with Crippen molar-refractivity contribution < 1.29 is 42.1 Å². The second-order valence-corrected chi connectivity index (χ2v) is 13.5. The smallest absolute Gasteiger partial charge is 0.416 e. The molecule has 0 aliphatic carbocycles. The third kappa shape index (κ3) is 9.35. The molecule has 4 aliphatic heterocycles. The van der Waals surface area contributed by atoms with Crippen molar-refractivity contribution in [2.75, 3.05) is 70.8 Å². The summed E-state index contributed by atoms with van der Waals surface area (Å²) in [6, 6.07) is 3.74. The number of benzene rings is 1. The lowest BCUT2D eigenvalue weighted by Crippen LogP contribution is -2.54. The summed E-state index contributed by atoms with van der Waals surface area (Å²) in [5.74, 6) is -0.243. The summed E-state index contributed by atoms with van der Waals surface area (Å²) in [7, 11) is 5.13. The van der Waals surface area contributed by atoms with Crippen LogP contribution in [0.2, 0.25) is 5.02 Å². The van der Waals surface area contributed by atoms with Gasteiger partial charge in [0.2, 0.25) is 5.91 Å². The summed E-state index contributed by atoms with van der Waals surface area (Å²) in [4.78, 5) is 48.4. The fourth-order valence-electron chi connectivity index (χ4n) is 6.70. The highest BCUT2D eigenvalue weighted by Crippen LogP contribution is 2.40. The van der Waals surface area contributed by atoms with Gasteiger partial charge in [0, 0.05) is 57.3 Å². The zero-order valence-corrected chi connectivity index (χ0v) is 31.3. The molecule has 55 heavy (non-hydrogen) atoms. The number of nitrogens with zero attached hydrogens (tertiary/aromatic N) is 6. The normalized spacial score (nSPS) is 19.4. The Labute approximate surface area is 321 Å². The van der Waals surface area contributed by atoms with Gasteiger partial charge in [-0.1, -0.05) is 17.7 Å². The summed E-state index contributed by atoms with van der Waals surface area (Å²) < 4.78 is 49.1. The number of likely N-dealkylation sites (N-methyl/N-ethyl adjacent to an activating group) is 3. The van der Waals surface area contributed by atoms with E-state index in [9.17, 15) is 32.7 Å². The Morgan fingerprint density at radius 2 is 2.00 bits per heavy atom. The first-order valence-electron chi connectivity index (χ1n) is 17.3. The molecule has 1 saturated heterocycles. The van der Waals surface area contributed by atoms with Crippen LogP contribution in [0.3, 0.4) is 0 Å². The number of aliphatic hydroxyl groups is 1. The van der Waals surface area contributed by atoms with Gasteiger partial charge >= 0.3 is 6.18 Å². The molecule has 0 bridgehead atoms. The third-order valence-electron chi connectivity index (χ3n) is 9.64. The van der Waals surface area contributed by atoms with Gasteiger partial charge in [-0.15, -0.1) is 0 Å². The van der Waals surface area contributed by atoms with E-state index in [1.54, 1.807) is 55.5 Å². The van der Waals surface area contributed by atoms with Crippen molar-refractivity contribution in [3.8, 4) is 0 Å². The van der Waals surface area contributed by atoms with E-state index in [0.717, 1.165) is 47.0 Å². The van der Waals surface area contributed by atoms with Crippen molar-refractivity contribution in [1.82, 2.24) is 20.2 Å². The number of hydrogen-bond acceptors (Lipinski definition) is 11. The summed E-state index contributed by atoms with van der Waals surface area (Å²) in [5, 5.41) is 21.4. The Morgan fingerprint density at radius 3 is 2.62 bits per heavy atom. The Bertz CT molecular complexity index is 1930. The van der Waals surface area contributed by atoms with Gasteiger partial charge < -0.3 is 35.0 Å². The highest BCUT2D eigenvalue weighted by atomic mass is 35.5. The largest absolute Gasteiger partial charge is 0.510 e. The second kappa shape index (κ2) is 17.5. The van der Waals surface area contributed by atoms with Crippen LogP contribution in [0.1, 0.15) is 30.4 Å². The molecule has 1 atom stereocenters. The van der Waals surface area contributed by atoms with Gasteiger partial charge in [-0.05, 0) is 61.9 Å². The number of aliphatic imine (C=N–C) groups is 1. The molecule has 294 valence electrons. The van der Waals surface area contributed by atoms with Gasteiger partial charge in [0.05, 0.1) is 48.0 Å². The molecule has 14 nitrogen and oxygen atoms in total. The summed E-state index contributed by atoms with van der Waals surface area (Å²) in [5.41, 5.74) is 2.54. The number of ether oxygens (including phenoxy) is 2. The van der Waals surface area contributed by atoms with Crippen LogP contribution in [-0.4, -0.2) is 123 Å². The number of amidine groups is 1. The molecule has 2 amide bonds. The molecule has 0 saturated carbocycles. The molecular formula is C37H42ClF3N8O6. The number of rotatable bonds is 8. The molecule has 4 aliphatic rings. The van der Waals surface area contributed by atoms with E-state index in [2.05, 4.69) is 32.4 Å². The number of halogens is 4. The Hall–Kier alpha value is -5.26. The molecule has 1 spiro atoms. The molecule has 18 heteroatoms. The lowest BCUT2D eigenvalue weighted by Gasteiger charge is -2.42. The fourth-order valence-corrected chi connectivity index (χ4v) is 6.93. The van der Waals surface area contributed by atoms with E-state index in [1.165, 1.54) is 5.01 Å². The molecule has 1 unspecified atom stereocenters. The van der Waals surface area contributed by atoms with Crippen molar-refractivity contribution in [3.63, 3.8) is 0 Å². The number of amides is 2. The minimum absolute atomic E-state index is 0.0227. The SMILES string of the molecule is C=N/C(=N\N(C)CC(=O)Nc1ccc(C(F)(F)F)cc1Cl)C1=CCOCC1.CNC1=C(C=O)C2(CCN(C(=O)C3C(O)=Cc4ccncc4N3C)CC2)OC1. The van der Waals surface area contributed by atoms with E-state index in [4.69, 9.17) is 21.1 Å². The standard InChI is InChI=1S/C20H24N4O4.C17H18ClF3N4O2/c1-21-15-12-28-20(14(15)11-25)4-7-24(8-5-20)19(27)18-17(26)9-13-3-6-22-10-16(13)23(18)2;1-22-16(11-5-7-27-8-6-11)24-25(2)10-15(26)23-14-4-3-12(9-13(14)18)17(19,20)21/h3,6,9-11,18,21,26H,4-5,7-8,12H2,1-2H3;3-5,9H,1,6-8,10H2,2H3,(H,23,26)/b;24-16-. The maximum Gasteiger partial charge on any atom is 0.416 e. The second-order valence-electron chi connectivity index (χ2n) is 13.1. The molecular weight excluding hydrogens is 745 g/mol. The Kier molecular flexibility index (Phi) is 13.0. The quantitative estimate of drug-likeness (QED) is 0.151. The van der Waals surface area contributed by atoms with Crippen molar-refractivity contribution in [2.24, 2.45) is 10.1 Å². The van der Waals surface area contributed by atoms with Crippen LogP contribution in [0.25, 0.3) is 6.08 Å². The molecule has 2 aromatic rings. The van der Waals surface area contributed by atoms with Crippen LogP contribution in [0.5, 0.6) is 0 Å². The molecule has 1 aromatic carbocycles. The minimum Gasteiger partial charge on any atom is -0.510 e. The Morgan fingerprint density at radius 1 is 1.25 bits per heavy atom. The number of carbonyl (C=O) groups excluding carboxylic acids is 3. The van der Waals surface area contributed by atoms with Crippen molar-refractivity contribution in [1.29, 1.82) is 0 Å². The number of piperidine rings is 1. The number of pyridine rings is 1. The number of aliphatic hydroxyl groups excluding tert-OH is 1. The number of carbonyl (C=O) groups is 3. The summed E-state index contributed by atoms with van der Waals surface area (Å²) >= 11 is 5.83. The van der Waals surface area contributed by atoms with Crippen LogP contribution >= 0.6 is 11.6 Å². The predicted molar refractivity (Wildman–Crippen MR) is 202 cm³/mol. The lowest BCUT2D eigenvalue weighted by atomic mass is 9.84. The van der Waals surface area contributed by atoms with E-state index < -0.39 is 29.3 Å². The maximum absolute atomic E-state index is 13.2. The van der Waals surface area contributed by atoms with Gasteiger partial charge in [-0.2, -0.15) is 18.3 Å². The van der Waals surface area contributed by atoms with Crippen molar-refractivity contribution >= 4 is 59.7 Å². The summed E-state index contributed by atoms with van der Waals surface area (Å²) in [6.07, 6.45) is 4.91. The molecule has 0 radical (unpaired) electrons. The molecule has 1 aromatic heterocycles. The number of hydrogen-bond donors (Lipinski definition) is 3. The van der Waals surface area contributed by atoms with E-state index >= 15 is 0 Å². The highest BCUT2D eigenvalue weighted by molar-refractivity contribution is 6.33.